The van der Waals surface area contributed by atoms with Crippen molar-refractivity contribution in [2.45, 2.75) is 6.61 Å². The summed E-state index contributed by atoms with van der Waals surface area (Å²) in [5, 5.41) is 3.06. The second-order valence-electron chi connectivity index (χ2n) is 5.27. The zero-order valence-corrected chi connectivity index (χ0v) is 13.9. The molecule has 3 nitrogen and oxygen atoms in total. The number of thiophene rings is 1. The SMILES string of the molecule is O=C(Nc1ccccc1Cl)c1sc2c(c1F)COc1ccccc1-2. The standard InChI is InChI=1S/C18H11ClFNO2S/c19-12-6-2-3-7-13(12)21-18(22)17-15(20)11-9-23-14-8-4-1-5-10(14)16(11)24-17/h1-8H,9H2,(H,21,22). The zero-order valence-electron chi connectivity index (χ0n) is 12.3. The van der Waals surface area contributed by atoms with E-state index in [2.05, 4.69) is 5.32 Å². The van der Waals surface area contributed by atoms with E-state index in [1.807, 2.05) is 24.3 Å². The molecular formula is C18H11ClFNO2S. The van der Waals surface area contributed by atoms with Crippen LogP contribution in [0, 0.1) is 5.82 Å². The highest BCUT2D eigenvalue weighted by molar-refractivity contribution is 7.17. The van der Waals surface area contributed by atoms with Gasteiger partial charge in [0, 0.05) is 16.0 Å². The highest BCUT2D eigenvalue weighted by atomic mass is 35.5. The third-order valence-corrected chi connectivity index (χ3v) is 5.34. The number of para-hydroxylation sites is 2. The van der Waals surface area contributed by atoms with E-state index in [1.165, 1.54) is 0 Å². The summed E-state index contributed by atoms with van der Waals surface area (Å²) < 4.78 is 20.3. The van der Waals surface area contributed by atoms with Gasteiger partial charge in [-0.1, -0.05) is 35.9 Å². The van der Waals surface area contributed by atoms with Crippen LogP contribution in [0.15, 0.2) is 48.5 Å². The first kappa shape index (κ1) is 15.2. The molecule has 0 radical (unpaired) electrons. The molecule has 1 aliphatic heterocycles. The molecule has 3 aromatic rings. The smallest absolute Gasteiger partial charge is 0.268 e. The van der Waals surface area contributed by atoms with Crippen LogP contribution < -0.4 is 10.1 Å². The monoisotopic (exact) mass is 359 g/mol. The Kier molecular flexibility index (Phi) is 3.75. The number of nitrogens with one attached hydrogen (secondary N) is 1. The first-order valence-electron chi connectivity index (χ1n) is 7.24. The summed E-state index contributed by atoms with van der Waals surface area (Å²) in [6.45, 7) is 0.119. The highest BCUT2D eigenvalue weighted by Gasteiger charge is 2.28. The lowest BCUT2D eigenvalue weighted by Gasteiger charge is -2.16. The topological polar surface area (TPSA) is 38.3 Å². The first-order valence-corrected chi connectivity index (χ1v) is 8.44. The highest BCUT2D eigenvalue weighted by Crippen LogP contribution is 2.44. The van der Waals surface area contributed by atoms with Crippen molar-refractivity contribution >= 4 is 34.5 Å². The molecule has 1 aromatic heterocycles. The Morgan fingerprint density at radius 2 is 1.92 bits per heavy atom. The number of fused-ring (bicyclic) bond motifs is 3. The van der Waals surface area contributed by atoms with Gasteiger partial charge in [0.25, 0.3) is 5.91 Å². The molecule has 0 atom stereocenters. The van der Waals surface area contributed by atoms with Gasteiger partial charge < -0.3 is 10.1 Å². The molecule has 0 spiro atoms. The minimum atomic E-state index is -0.533. The molecule has 0 saturated heterocycles. The van der Waals surface area contributed by atoms with Crippen LogP contribution >= 0.6 is 22.9 Å². The summed E-state index contributed by atoms with van der Waals surface area (Å²) in [5.74, 6) is -0.351. The maximum atomic E-state index is 14.7. The van der Waals surface area contributed by atoms with Crippen molar-refractivity contribution < 1.29 is 13.9 Å². The van der Waals surface area contributed by atoms with Crippen LogP contribution in [0.2, 0.25) is 5.02 Å². The maximum Gasteiger partial charge on any atom is 0.268 e. The lowest BCUT2D eigenvalue weighted by molar-refractivity contribution is 0.102. The second-order valence-corrected chi connectivity index (χ2v) is 6.70. The predicted octanol–water partition coefficient (Wildman–Crippen LogP) is 5.35. The van der Waals surface area contributed by atoms with Gasteiger partial charge in [0.05, 0.1) is 10.7 Å². The molecule has 0 aliphatic carbocycles. The van der Waals surface area contributed by atoms with Crippen LogP contribution in [0.5, 0.6) is 5.75 Å². The zero-order chi connectivity index (χ0) is 16.7. The molecule has 120 valence electrons. The summed E-state index contributed by atoms with van der Waals surface area (Å²) in [4.78, 5) is 13.2. The van der Waals surface area contributed by atoms with Crippen molar-refractivity contribution in [3.63, 3.8) is 0 Å². The van der Waals surface area contributed by atoms with Crippen molar-refractivity contribution in [3.05, 3.63) is 69.8 Å². The Balaban J connectivity index is 1.72. The van der Waals surface area contributed by atoms with E-state index in [0.29, 0.717) is 22.0 Å². The van der Waals surface area contributed by atoms with Crippen LogP contribution in [0.1, 0.15) is 15.2 Å². The first-order chi connectivity index (χ1) is 11.6. The number of amides is 1. The van der Waals surface area contributed by atoms with E-state index >= 15 is 0 Å². The molecule has 1 N–H and O–H groups in total. The molecule has 6 heteroatoms. The van der Waals surface area contributed by atoms with Gasteiger partial charge in [-0.25, -0.2) is 4.39 Å². The van der Waals surface area contributed by atoms with Crippen molar-refractivity contribution in [3.8, 4) is 16.2 Å². The van der Waals surface area contributed by atoms with Gasteiger partial charge in [0.1, 0.15) is 17.2 Å². The third kappa shape index (κ3) is 2.46. The van der Waals surface area contributed by atoms with E-state index in [9.17, 15) is 9.18 Å². The summed E-state index contributed by atoms with van der Waals surface area (Å²) in [5.41, 5.74) is 1.68. The number of anilines is 1. The summed E-state index contributed by atoms with van der Waals surface area (Å²) in [6, 6.07) is 14.3. The lowest BCUT2D eigenvalue weighted by Crippen LogP contribution is -2.12. The predicted molar refractivity (Wildman–Crippen MR) is 93.5 cm³/mol. The maximum absolute atomic E-state index is 14.7. The number of carbonyl (C=O) groups excluding carboxylic acids is 1. The van der Waals surface area contributed by atoms with Gasteiger partial charge >= 0.3 is 0 Å². The van der Waals surface area contributed by atoms with Crippen molar-refractivity contribution in [1.82, 2.24) is 0 Å². The Morgan fingerprint density at radius 3 is 2.75 bits per heavy atom. The Bertz CT molecular complexity index is 954. The molecule has 1 aliphatic rings. The molecule has 2 heterocycles. The molecule has 0 fully saturated rings. The minimum absolute atomic E-state index is 0.0280. The summed E-state index contributed by atoms with van der Waals surface area (Å²) in [7, 11) is 0. The average Bonchev–Trinajstić information content (AvgIpc) is 2.94. The van der Waals surface area contributed by atoms with E-state index < -0.39 is 11.7 Å². The fourth-order valence-corrected chi connectivity index (χ4v) is 3.90. The number of hydrogen-bond donors (Lipinski definition) is 1. The molecule has 4 rings (SSSR count). The molecule has 0 unspecified atom stereocenters. The molecule has 24 heavy (non-hydrogen) atoms. The van der Waals surface area contributed by atoms with Gasteiger partial charge in [0.15, 0.2) is 5.82 Å². The van der Waals surface area contributed by atoms with E-state index in [4.69, 9.17) is 16.3 Å². The normalized spacial score (nSPS) is 12.1. The summed E-state index contributed by atoms with van der Waals surface area (Å²) >= 11 is 7.17. The number of ether oxygens (including phenoxy) is 1. The van der Waals surface area contributed by atoms with Gasteiger partial charge in [-0.3, -0.25) is 4.79 Å². The van der Waals surface area contributed by atoms with Gasteiger partial charge in [-0.05, 0) is 24.3 Å². The molecule has 1 amide bonds. The Labute approximate surface area is 146 Å². The average molecular weight is 360 g/mol. The van der Waals surface area contributed by atoms with Crippen LogP contribution in [0.3, 0.4) is 0 Å². The van der Waals surface area contributed by atoms with Crippen LogP contribution in [0.4, 0.5) is 10.1 Å². The van der Waals surface area contributed by atoms with Crippen LogP contribution in [-0.2, 0) is 6.61 Å². The fourth-order valence-electron chi connectivity index (χ4n) is 2.61. The minimum Gasteiger partial charge on any atom is -0.488 e. The van der Waals surface area contributed by atoms with Gasteiger partial charge in [0.2, 0.25) is 0 Å². The van der Waals surface area contributed by atoms with Crippen LogP contribution in [-0.4, -0.2) is 5.91 Å². The van der Waals surface area contributed by atoms with Gasteiger partial charge in [-0.2, -0.15) is 0 Å². The molecule has 2 aromatic carbocycles. The molecular weight excluding hydrogens is 349 g/mol. The lowest BCUT2D eigenvalue weighted by atomic mass is 10.1. The third-order valence-electron chi connectivity index (χ3n) is 3.77. The summed E-state index contributed by atoms with van der Waals surface area (Å²) in [6.07, 6.45) is 0. The number of hydrogen-bond acceptors (Lipinski definition) is 3. The van der Waals surface area contributed by atoms with Crippen molar-refractivity contribution in [2.24, 2.45) is 0 Å². The Morgan fingerprint density at radius 1 is 1.17 bits per heavy atom. The molecule has 0 saturated carbocycles. The number of halogens is 2. The van der Waals surface area contributed by atoms with Crippen LogP contribution in [0.25, 0.3) is 10.4 Å². The fraction of sp³-hybridized carbons (Fsp3) is 0.0556. The van der Waals surface area contributed by atoms with Gasteiger partial charge in [-0.15, -0.1) is 11.3 Å². The second kappa shape index (κ2) is 5.92. The number of rotatable bonds is 2. The quantitative estimate of drug-likeness (QED) is 0.669. The number of carbonyl (C=O) groups is 1. The Hall–Kier alpha value is -2.37. The van der Waals surface area contributed by atoms with E-state index in [1.54, 1.807) is 24.3 Å². The van der Waals surface area contributed by atoms with Crippen molar-refractivity contribution in [1.29, 1.82) is 0 Å². The largest absolute Gasteiger partial charge is 0.488 e. The van der Waals surface area contributed by atoms with E-state index in [-0.39, 0.29) is 11.5 Å². The van der Waals surface area contributed by atoms with Crippen molar-refractivity contribution in [2.75, 3.05) is 5.32 Å². The number of benzene rings is 2. The van der Waals surface area contributed by atoms with E-state index in [0.717, 1.165) is 21.8 Å². The molecule has 0 bridgehead atoms.